The summed E-state index contributed by atoms with van der Waals surface area (Å²) in [7, 11) is 0. The zero-order valence-corrected chi connectivity index (χ0v) is 14.8. The highest BCUT2D eigenvalue weighted by Gasteiger charge is 2.56. The van der Waals surface area contributed by atoms with Gasteiger partial charge in [0.25, 0.3) is 0 Å². The maximum Gasteiger partial charge on any atom is 0.208 e. The summed E-state index contributed by atoms with van der Waals surface area (Å²) in [4.78, 5) is 2.31. The van der Waals surface area contributed by atoms with E-state index < -0.39 is 0 Å². The van der Waals surface area contributed by atoms with E-state index in [0.29, 0.717) is 0 Å². The number of anilines is 1. The van der Waals surface area contributed by atoms with E-state index in [0.717, 1.165) is 49.1 Å². The molecule has 1 spiro atoms. The molecule has 2 atom stereocenters. The number of hydrogen-bond donors (Lipinski definition) is 1. The molecule has 2 fully saturated rings. The van der Waals surface area contributed by atoms with Gasteiger partial charge in [0.05, 0.1) is 12.2 Å². The van der Waals surface area contributed by atoms with Gasteiger partial charge in [-0.3, -0.25) is 0 Å². The third-order valence-electron chi connectivity index (χ3n) is 5.13. The molecule has 1 saturated heterocycles. The zero-order chi connectivity index (χ0) is 16.0. The molecular formula is C16H27N3O2S. The SMILES string of the molecule is CCO[C@H]1C[C@@H](O)C12CCN(c1nnc(C(C)(C)C)s1)CC2. The van der Waals surface area contributed by atoms with Crippen LogP contribution >= 0.6 is 11.3 Å². The van der Waals surface area contributed by atoms with E-state index in [1.807, 2.05) is 6.92 Å². The molecule has 22 heavy (non-hydrogen) atoms. The van der Waals surface area contributed by atoms with Gasteiger partial charge in [0.2, 0.25) is 5.13 Å². The summed E-state index contributed by atoms with van der Waals surface area (Å²) in [5.74, 6) is 0. The number of hydrogen-bond acceptors (Lipinski definition) is 6. The van der Waals surface area contributed by atoms with Crippen molar-refractivity contribution >= 4 is 16.5 Å². The summed E-state index contributed by atoms with van der Waals surface area (Å²) in [5, 5.41) is 21.1. The molecule has 0 bridgehead atoms. The van der Waals surface area contributed by atoms with E-state index in [1.165, 1.54) is 0 Å². The van der Waals surface area contributed by atoms with E-state index in [4.69, 9.17) is 4.74 Å². The van der Waals surface area contributed by atoms with Crippen molar-refractivity contribution in [2.24, 2.45) is 5.41 Å². The Labute approximate surface area is 136 Å². The van der Waals surface area contributed by atoms with Crippen LogP contribution in [0, 0.1) is 5.41 Å². The molecule has 1 aliphatic carbocycles. The minimum absolute atomic E-state index is 0.0238. The van der Waals surface area contributed by atoms with E-state index in [1.54, 1.807) is 11.3 Å². The molecule has 1 aromatic rings. The molecule has 1 N–H and O–H groups in total. The first-order chi connectivity index (χ1) is 10.4. The molecule has 5 nitrogen and oxygen atoms in total. The number of aliphatic hydroxyl groups excluding tert-OH is 1. The van der Waals surface area contributed by atoms with Gasteiger partial charge in [-0.25, -0.2) is 0 Å². The summed E-state index contributed by atoms with van der Waals surface area (Å²) in [6.45, 7) is 11.1. The van der Waals surface area contributed by atoms with Crippen LogP contribution in [0.2, 0.25) is 0 Å². The van der Waals surface area contributed by atoms with E-state index >= 15 is 0 Å². The van der Waals surface area contributed by atoms with Gasteiger partial charge in [0.15, 0.2) is 0 Å². The third-order valence-corrected chi connectivity index (χ3v) is 6.54. The van der Waals surface area contributed by atoms with Crippen molar-refractivity contribution in [3.05, 3.63) is 5.01 Å². The fourth-order valence-corrected chi connectivity index (χ4v) is 4.53. The van der Waals surface area contributed by atoms with Crippen molar-refractivity contribution < 1.29 is 9.84 Å². The van der Waals surface area contributed by atoms with Crippen LogP contribution < -0.4 is 4.90 Å². The molecule has 0 aromatic carbocycles. The van der Waals surface area contributed by atoms with Gasteiger partial charge in [-0.1, -0.05) is 32.1 Å². The first-order valence-electron chi connectivity index (χ1n) is 8.25. The fourth-order valence-electron chi connectivity index (χ4n) is 3.58. The van der Waals surface area contributed by atoms with Crippen LogP contribution in [0.4, 0.5) is 5.13 Å². The van der Waals surface area contributed by atoms with Crippen molar-refractivity contribution in [2.75, 3.05) is 24.6 Å². The van der Waals surface area contributed by atoms with Gasteiger partial charge in [0, 0.05) is 36.9 Å². The summed E-state index contributed by atoms with van der Waals surface area (Å²) < 4.78 is 5.83. The van der Waals surface area contributed by atoms with E-state index in [9.17, 15) is 5.11 Å². The number of nitrogens with zero attached hydrogens (tertiary/aromatic N) is 3. The van der Waals surface area contributed by atoms with Crippen LogP contribution in [-0.4, -0.2) is 47.2 Å². The Morgan fingerprint density at radius 2 is 2.00 bits per heavy atom. The largest absolute Gasteiger partial charge is 0.392 e. The van der Waals surface area contributed by atoms with Crippen molar-refractivity contribution in [3.8, 4) is 0 Å². The Morgan fingerprint density at radius 1 is 1.32 bits per heavy atom. The second kappa shape index (κ2) is 5.73. The Hall–Kier alpha value is -0.720. The van der Waals surface area contributed by atoms with Crippen molar-refractivity contribution in [3.63, 3.8) is 0 Å². The number of rotatable bonds is 3. The molecule has 124 valence electrons. The molecule has 0 amide bonds. The van der Waals surface area contributed by atoms with Crippen molar-refractivity contribution in [2.45, 2.75) is 64.6 Å². The van der Waals surface area contributed by atoms with Crippen LogP contribution in [0.5, 0.6) is 0 Å². The third kappa shape index (κ3) is 2.65. The minimum Gasteiger partial charge on any atom is -0.392 e. The molecule has 6 heteroatoms. The summed E-state index contributed by atoms with van der Waals surface area (Å²) >= 11 is 1.69. The Bertz CT molecular complexity index is 516. The lowest BCUT2D eigenvalue weighted by Gasteiger charge is -2.56. The molecule has 2 heterocycles. The van der Waals surface area contributed by atoms with Crippen LogP contribution in [0.3, 0.4) is 0 Å². The number of ether oxygens (including phenoxy) is 1. The molecule has 1 aliphatic heterocycles. The highest BCUT2D eigenvalue weighted by molar-refractivity contribution is 7.15. The maximum atomic E-state index is 10.3. The average molecular weight is 325 g/mol. The molecule has 2 aliphatic rings. The monoisotopic (exact) mass is 325 g/mol. The molecule has 1 saturated carbocycles. The van der Waals surface area contributed by atoms with E-state index in [-0.39, 0.29) is 23.0 Å². The second-order valence-corrected chi connectivity index (χ2v) is 8.51. The lowest BCUT2D eigenvalue weighted by Crippen LogP contribution is -2.62. The van der Waals surface area contributed by atoms with Crippen LogP contribution in [0.15, 0.2) is 0 Å². The Morgan fingerprint density at radius 3 is 2.50 bits per heavy atom. The summed E-state index contributed by atoms with van der Waals surface area (Å²) in [6.07, 6.45) is 2.77. The van der Waals surface area contributed by atoms with Gasteiger partial charge < -0.3 is 14.7 Å². The van der Waals surface area contributed by atoms with E-state index in [2.05, 4.69) is 35.9 Å². The average Bonchev–Trinajstić information content (AvgIpc) is 2.97. The minimum atomic E-state index is -0.203. The molecular weight excluding hydrogens is 298 g/mol. The highest BCUT2D eigenvalue weighted by atomic mass is 32.1. The smallest absolute Gasteiger partial charge is 0.208 e. The van der Waals surface area contributed by atoms with Gasteiger partial charge in [0.1, 0.15) is 5.01 Å². The number of piperidine rings is 1. The standard InChI is InChI=1S/C16H27N3O2S/c1-5-21-12-10-11(20)16(12)6-8-19(9-7-16)14-18-17-13(22-14)15(2,3)4/h11-12,20H,5-10H2,1-4H3/t11-,12+/m1/s1. The van der Waals surface area contributed by atoms with Crippen LogP contribution in [0.25, 0.3) is 0 Å². The second-order valence-electron chi connectivity index (χ2n) is 7.56. The van der Waals surface area contributed by atoms with Crippen molar-refractivity contribution in [1.82, 2.24) is 10.2 Å². The van der Waals surface area contributed by atoms with Gasteiger partial charge in [-0.2, -0.15) is 0 Å². The highest BCUT2D eigenvalue weighted by Crippen LogP contribution is 2.51. The number of aromatic nitrogens is 2. The molecule has 1 aromatic heterocycles. The lowest BCUT2D eigenvalue weighted by molar-refractivity contribution is -0.199. The zero-order valence-electron chi connectivity index (χ0n) is 14.0. The first kappa shape index (κ1) is 16.1. The van der Waals surface area contributed by atoms with Crippen LogP contribution in [0.1, 0.15) is 52.0 Å². The molecule has 0 unspecified atom stereocenters. The lowest BCUT2D eigenvalue weighted by atomic mass is 9.58. The quantitative estimate of drug-likeness (QED) is 0.925. The van der Waals surface area contributed by atoms with Crippen molar-refractivity contribution in [1.29, 1.82) is 0 Å². The topological polar surface area (TPSA) is 58.5 Å². The van der Waals surface area contributed by atoms with Gasteiger partial charge >= 0.3 is 0 Å². The van der Waals surface area contributed by atoms with Gasteiger partial charge in [-0.05, 0) is 19.8 Å². The number of aliphatic hydroxyl groups is 1. The fraction of sp³-hybridized carbons (Fsp3) is 0.875. The maximum absolute atomic E-state index is 10.3. The Kier molecular flexibility index (Phi) is 4.20. The predicted molar refractivity (Wildman–Crippen MR) is 88.5 cm³/mol. The predicted octanol–water partition coefficient (Wildman–Crippen LogP) is 2.59. The van der Waals surface area contributed by atoms with Crippen LogP contribution in [-0.2, 0) is 10.2 Å². The normalized spacial score (nSPS) is 28.0. The first-order valence-corrected chi connectivity index (χ1v) is 9.07. The Balaban J connectivity index is 1.65. The summed E-state index contributed by atoms with van der Waals surface area (Å²) in [6, 6.07) is 0. The van der Waals surface area contributed by atoms with Gasteiger partial charge in [-0.15, -0.1) is 10.2 Å². The molecule has 3 rings (SSSR count). The summed E-state index contributed by atoms with van der Waals surface area (Å²) in [5.41, 5.74) is 0.0290. The molecule has 0 radical (unpaired) electrons.